The molecule has 2 rings (SSSR count). The monoisotopic (exact) mass is 288 g/mol. The molecule has 0 radical (unpaired) electrons. The zero-order valence-corrected chi connectivity index (χ0v) is 11.8. The van der Waals surface area contributed by atoms with Gasteiger partial charge in [0.25, 0.3) is 0 Å². The number of carbonyl (C=O) groups is 1. The van der Waals surface area contributed by atoms with Gasteiger partial charge in [0.2, 0.25) is 11.8 Å². The fourth-order valence-electron chi connectivity index (χ4n) is 1.57. The lowest BCUT2D eigenvalue weighted by atomic mass is 10.2. The third kappa shape index (κ3) is 4.41. The lowest BCUT2D eigenvalue weighted by Gasteiger charge is -2.10. The highest BCUT2D eigenvalue weighted by atomic mass is 16.5. The van der Waals surface area contributed by atoms with Gasteiger partial charge >= 0.3 is 5.97 Å². The number of ether oxygens (including phenoxy) is 1. The van der Waals surface area contributed by atoms with E-state index in [9.17, 15) is 4.79 Å². The SMILES string of the molecule is CC(C)Oc1ccnc(NCc2ccc(C(=O)O)nc2)n1. The van der Waals surface area contributed by atoms with Crippen molar-refractivity contribution in [2.75, 3.05) is 5.32 Å². The first-order valence-electron chi connectivity index (χ1n) is 6.46. The highest BCUT2D eigenvalue weighted by Crippen LogP contribution is 2.11. The quantitative estimate of drug-likeness (QED) is 0.838. The molecule has 2 aromatic heterocycles. The largest absolute Gasteiger partial charge is 0.477 e. The summed E-state index contributed by atoms with van der Waals surface area (Å²) in [5.41, 5.74) is 0.848. The van der Waals surface area contributed by atoms with Crippen LogP contribution in [0.15, 0.2) is 30.6 Å². The number of pyridine rings is 1. The van der Waals surface area contributed by atoms with Crippen LogP contribution in [0.4, 0.5) is 5.95 Å². The maximum atomic E-state index is 10.7. The summed E-state index contributed by atoms with van der Waals surface area (Å²) in [5, 5.41) is 11.8. The number of aromatic nitrogens is 3. The predicted molar refractivity (Wildman–Crippen MR) is 76.3 cm³/mol. The molecule has 0 bridgehead atoms. The molecule has 0 aliphatic carbocycles. The Hall–Kier alpha value is -2.70. The molecule has 0 saturated heterocycles. The van der Waals surface area contributed by atoms with E-state index in [4.69, 9.17) is 9.84 Å². The van der Waals surface area contributed by atoms with Gasteiger partial charge in [-0.05, 0) is 25.5 Å². The molecule has 0 unspecified atom stereocenters. The first-order valence-corrected chi connectivity index (χ1v) is 6.46. The van der Waals surface area contributed by atoms with E-state index >= 15 is 0 Å². The molecule has 7 nitrogen and oxygen atoms in total. The minimum atomic E-state index is -1.05. The molecule has 7 heteroatoms. The summed E-state index contributed by atoms with van der Waals surface area (Å²) in [6.07, 6.45) is 3.16. The Morgan fingerprint density at radius 3 is 2.76 bits per heavy atom. The van der Waals surface area contributed by atoms with Crippen LogP contribution in [0.5, 0.6) is 5.88 Å². The fourth-order valence-corrected chi connectivity index (χ4v) is 1.57. The highest BCUT2D eigenvalue weighted by molar-refractivity contribution is 5.85. The summed E-state index contributed by atoms with van der Waals surface area (Å²) < 4.78 is 5.48. The number of aromatic carboxylic acids is 1. The first-order chi connectivity index (χ1) is 10.0. The highest BCUT2D eigenvalue weighted by Gasteiger charge is 2.05. The number of carboxylic acid groups (broad SMARTS) is 1. The summed E-state index contributed by atoms with van der Waals surface area (Å²) in [6.45, 7) is 4.29. The van der Waals surface area contributed by atoms with Gasteiger partial charge < -0.3 is 15.2 Å². The van der Waals surface area contributed by atoms with E-state index in [1.54, 1.807) is 18.3 Å². The number of anilines is 1. The molecule has 0 spiro atoms. The Labute approximate surface area is 122 Å². The van der Waals surface area contributed by atoms with Gasteiger partial charge in [0.1, 0.15) is 5.69 Å². The number of rotatable bonds is 6. The van der Waals surface area contributed by atoms with Crippen LogP contribution in [0.3, 0.4) is 0 Å². The van der Waals surface area contributed by atoms with E-state index in [1.165, 1.54) is 12.3 Å². The second-order valence-electron chi connectivity index (χ2n) is 4.60. The average molecular weight is 288 g/mol. The Balaban J connectivity index is 1.97. The lowest BCUT2D eigenvalue weighted by molar-refractivity contribution is 0.0690. The van der Waals surface area contributed by atoms with Crippen LogP contribution < -0.4 is 10.1 Å². The van der Waals surface area contributed by atoms with Crippen LogP contribution >= 0.6 is 0 Å². The Morgan fingerprint density at radius 2 is 2.14 bits per heavy atom. The van der Waals surface area contributed by atoms with Gasteiger partial charge in [0.05, 0.1) is 6.10 Å². The van der Waals surface area contributed by atoms with E-state index in [2.05, 4.69) is 20.3 Å². The van der Waals surface area contributed by atoms with E-state index in [1.807, 2.05) is 13.8 Å². The van der Waals surface area contributed by atoms with Crippen molar-refractivity contribution in [1.82, 2.24) is 15.0 Å². The number of nitrogens with one attached hydrogen (secondary N) is 1. The molecule has 0 fully saturated rings. The molecule has 2 aromatic rings. The first kappa shape index (κ1) is 14.7. The average Bonchev–Trinajstić information content (AvgIpc) is 2.45. The second kappa shape index (κ2) is 6.65. The standard InChI is InChI=1S/C14H16N4O3/c1-9(2)21-12-5-6-15-14(18-12)17-8-10-3-4-11(13(19)20)16-7-10/h3-7,9H,8H2,1-2H3,(H,19,20)(H,15,17,18). The predicted octanol–water partition coefficient (Wildman–Crippen LogP) is 1.97. The number of hydrogen-bond acceptors (Lipinski definition) is 6. The molecule has 2 N–H and O–H groups in total. The van der Waals surface area contributed by atoms with Crippen molar-refractivity contribution in [3.8, 4) is 5.88 Å². The molecule has 0 atom stereocenters. The number of nitrogens with zero attached hydrogens (tertiary/aromatic N) is 3. The normalized spacial score (nSPS) is 10.4. The van der Waals surface area contributed by atoms with Crippen LogP contribution in [-0.2, 0) is 6.54 Å². The van der Waals surface area contributed by atoms with Gasteiger partial charge in [-0.15, -0.1) is 0 Å². The minimum Gasteiger partial charge on any atom is -0.477 e. The van der Waals surface area contributed by atoms with Gasteiger partial charge in [0, 0.05) is 25.0 Å². The Bertz CT molecular complexity index is 614. The van der Waals surface area contributed by atoms with Gasteiger partial charge in [-0.3, -0.25) is 0 Å². The molecule has 0 aliphatic heterocycles. The van der Waals surface area contributed by atoms with Crippen LogP contribution in [0.2, 0.25) is 0 Å². The zero-order chi connectivity index (χ0) is 15.2. The van der Waals surface area contributed by atoms with Crippen molar-refractivity contribution in [3.63, 3.8) is 0 Å². The molecule has 0 amide bonds. The molecule has 2 heterocycles. The molecule has 110 valence electrons. The van der Waals surface area contributed by atoms with E-state index < -0.39 is 5.97 Å². The van der Waals surface area contributed by atoms with E-state index in [0.717, 1.165) is 5.56 Å². The summed E-state index contributed by atoms with van der Waals surface area (Å²) in [6, 6.07) is 4.84. The van der Waals surface area contributed by atoms with Crippen LogP contribution in [0, 0.1) is 0 Å². The summed E-state index contributed by atoms with van der Waals surface area (Å²) in [5.74, 6) is -0.103. The Morgan fingerprint density at radius 1 is 1.33 bits per heavy atom. The van der Waals surface area contributed by atoms with Crippen molar-refractivity contribution in [2.45, 2.75) is 26.5 Å². The number of carboxylic acids is 1. The fraction of sp³-hybridized carbons (Fsp3) is 0.286. The van der Waals surface area contributed by atoms with Crippen molar-refractivity contribution in [3.05, 3.63) is 41.9 Å². The summed E-state index contributed by atoms with van der Waals surface area (Å²) in [4.78, 5) is 22.9. The smallest absolute Gasteiger partial charge is 0.354 e. The van der Waals surface area contributed by atoms with Crippen molar-refractivity contribution >= 4 is 11.9 Å². The molecule has 21 heavy (non-hydrogen) atoms. The van der Waals surface area contributed by atoms with Crippen molar-refractivity contribution in [2.24, 2.45) is 0 Å². The second-order valence-corrected chi connectivity index (χ2v) is 4.60. The summed E-state index contributed by atoms with van der Waals surface area (Å²) >= 11 is 0. The van der Waals surface area contributed by atoms with Gasteiger partial charge in [-0.25, -0.2) is 14.8 Å². The molecule has 0 aliphatic rings. The zero-order valence-electron chi connectivity index (χ0n) is 11.8. The Kier molecular flexibility index (Phi) is 4.65. The summed E-state index contributed by atoms with van der Waals surface area (Å²) in [7, 11) is 0. The third-order valence-electron chi connectivity index (χ3n) is 2.48. The van der Waals surface area contributed by atoms with Crippen LogP contribution in [0.25, 0.3) is 0 Å². The molecular weight excluding hydrogens is 272 g/mol. The van der Waals surface area contributed by atoms with Crippen LogP contribution in [0.1, 0.15) is 29.9 Å². The lowest BCUT2D eigenvalue weighted by Crippen LogP contribution is -2.09. The maximum absolute atomic E-state index is 10.7. The van der Waals surface area contributed by atoms with Gasteiger partial charge in [-0.2, -0.15) is 4.98 Å². The minimum absolute atomic E-state index is 0.0160. The number of hydrogen-bond donors (Lipinski definition) is 2. The third-order valence-corrected chi connectivity index (χ3v) is 2.48. The maximum Gasteiger partial charge on any atom is 0.354 e. The molecule has 0 saturated carbocycles. The topological polar surface area (TPSA) is 97.2 Å². The molecular formula is C14H16N4O3. The molecule has 0 aromatic carbocycles. The van der Waals surface area contributed by atoms with Crippen LogP contribution in [-0.4, -0.2) is 32.1 Å². The van der Waals surface area contributed by atoms with Gasteiger partial charge in [-0.1, -0.05) is 6.07 Å². The van der Waals surface area contributed by atoms with Crippen molar-refractivity contribution < 1.29 is 14.6 Å². The van der Waals surface area contributed by atoms with Gasteiger partial charge in [0.15, 0.2) is 0 Å². The van der Waals surface area contributed by atoms with E-state index in [-0.39, 0.29) is 11.8 Å². The van der Waals surface area contributed by atoms with E-state index in [0.29, 0.717) is 18.4 Å². The van der Waals surface area contributed by atoms with Crippen molar-refractivity contribution in [1.29, 1.82) is 0 Å².